The smallest absolute Gasteiger partial charge is 0.149 e. The van der Waals surface area contributed by atoms with E-state index in [0.717, 1.165) is 13.0 Å². The molecule has 1 aromatic rings. The SMILES string of the molecule is Cc1cccc(NCCOCCC(C)C)c1F. The molecule has 0 radical (unpaired) electrons. The van der Waals surface area contributed by atoms with Crippen molar-refractivity contribution in [2.75, 3.05) is 25.1 Å². The topological polar surface area (TPSA) is 21.3 Å². The van der Waals surface area contributed by atoms with Crippen molar-refractivity contribution in [3.8, 4) is 0 Å². The standard InChI is InChI=1S/C14H22FNO/c1-11(2)7-9-17-10-8-16-13-6-4-5-12(3)14(13)15/h4-6,11,16H,7-10H2,1-3H3. The Labute approximate surface area is 103 Å². The molecule has 96 valence electrons. The van der Waals surface area contributed by atoms with E-state index >= 15 is 0 Å². The highest BCUT2D eigenvalue weighted by Gasteiger charge is 2.03. The van der Waals surface area contributed by atoms with E-state index in [0.29, 0.717) is 30.3 Å². The predicted molar refractivity (Wildman–Crippen MR) is 69.9 cm³/mol. The van der Waals surface area contributed by atoms with E-state index in [-0.39, 0.29) is 5.82 Å². The first-order valence-corrected chi connectivity index (χ1v) is 6.18. The van der Waals surface area contributed by atoms with E-state index in [2.05, 4.69) is 19.2 Å². The van der Waals surface area contributed by atoms with Crippen molar-refractivity contribution in [1.82, 2.24) is 0 Å². The molecule has 0 saturated carbocycles. The second-order valence-electron chi connectivity index (χ2n) is 4.66. The van der Waals surface area contributed by atoms with Crippen LogP contribution >= 0.6 is 0 Å². The van der Waals surface area contributed by atoms with Crippen LogP contribution in [0.5, 0.6) is 0 Å². The summed E-state index contributed by atoms with van der Waals surface area (Å²) in [7, 11) is 0. The fourth-order valence-electron chi connectivity index (χ4n) is 1.46. The van der Waals surface area contributed by atoms with Crippen molar-refractivity contribution in [3.05, 3.63) is 29.6 Å². The maximum absolute atomic E-state index is 13.6. The Morgan fingerprint density at radius 1 is 1.29 bits per heavy atom. The van der Waals surface area contributed by atoms with Crippen molar-refractivity contribution in [3.63, 3.8) is 0 Å². The Kier molecular flexibility index (Phi) is 5.98. The van der Waals surface area contributed by atoms with Gasteiger partial charge in [0.05, 0.1) is 12.3 Å². The van der Waals surface area contributed by atoms with Crippen LogP contribution in [-0.2, 0) is 4.74 Å². The first kappa shape index (κ1) is 14.0. The summed E-state index contributed by atoms with van der Waals surface area (Å²) in [6.45, 7) is 8.13. The minimum absolute atomic E-state index is 0.172. The lowest BCUT2D eigenvalue weighted by Crippen LogP contribution is -2.12. The third kappa shape index (κ3) is 5.18. The summed E-state index contributed by atoms with van der Waals surface area (Å²) in [6.07, 6.45) is 1.07. The van der Waals surface area contributed by atoms with E-state index in [1.807, 2.05) is 6.07 Å². The third-order valence-electron chi connectivity index (χ3n) is 2.59. The molecule has 0 bridgehead atoms. The molecule has 17 heavy (non-hydrogen) atoms. The summed E-state index contributed by atoms with van der Waals surface area (Å²) in [5, 5.41) is 3.04. The fraction of sp³-hybridized carbons (Fsp3) is 0.571. The van der Waals surface area contributed by atoms with Crippen LogP contribution in [0.2, 0.25) is 0 Å². The number of benzene rings is 1. The number of rotatable bonds is 7. The summed E-state index contributed by atoms with van der Waals surface area (Å²) >= 11 is 0. The largest absolute Gasteiger partial charge is 0.380 e. The van der Waals surface area contributed by atoms with Crippen LogP contribution in [0.15, 0.2) is 18.2 Å². The molecule has 0 spiro atoms. The van der Waals surface area contributed by atoms with Gasteiger partial charge in [-0.2, -0.15) is 0 Å². The first-order chi connectivity index (χ1) is 8.11. The van der Waals surface area contributed by atoms with Gasteiger partial charge in [0.1, 0.15) is 5.82 Å². The number of nitrogens with one attached hydrogen (secondary N) is 1. The van der Waals surface area contributed by atoms with Crippen molar-refractivity contribution in [2.24, 2.45) is 5.92 Å². The zero-order valence-corrected chi connectivity index (χ0v) is 10.9. The average Bonchev–Trinajstić information content (AvgIpc) is 2.28. The molecule has 0 amide bonds. The molecule has 0 aromatic heterocycles. The summed E-state index contributed by atoms with van der Waals surface area (Å²) in [4.78, 5) is 0. The predicted octanol–water partition coefficient (Wildman–Crippen LogP) is 3.61. The van der Waals surface area contributed by atoms with Gasteiger partial charge in [-0.15, -0.1) is 0 Å². The average molecular weight is 239 g/mol. The highest BCUT2D eigenvalue weighted by molar-refractivity contribution is 5.47. The number of hydrogen-bond acceptors (Lipinski definition) is 2. The van der Waals surface area contributed by atoms with E-state index in [1.54, 1.807) is 19.1 Å². The van der Waals surface area contributed by atoms with Crippen molar-refractivity contribution < 1.29 is 9.13 Å². The minimum Gasteiger partial charge on any atom is -0.380 e. The van der Waals surface area contributed by atoms with Gasteiger partial charge < -0.3 is 10.1 Å². The fourth-order valence-corrected chi connectivity index (χ4v) is 1.46. The normalized spacial score (nSPS) is 10.9. The molecule has 1 rings (SSSR count). The van der Waals surface area contributed by atoms with Gasteiger partial charge in [0.2, 0.25) is 0 Å². The maximum atomic E-state index is 13.6. The molecule has 2 nitrogen and oxygen atoms in total. The molecule has 1 N–H and O–H groups in total. The summed E-state index contributed by atoms with van der Waals surface area (Å²) in [5.74, 6) is 0.492. The van der Waals surface area contributed by atoms with Crippen LogP contribution < -0.4 is 5.32 Å². The Morgan fingerprint density at radius 2 is 2.06 bits per heavy atom. The lowest BCUT2D eigenvalue weighted by atomic mass is 10.1. The van der Waals surface area contributed by atoms with E-state index in [4.69, 9.17) is 4.74 Å². The number of anilines is 1. The summed E-state index contributed by atoms with van der Waals surface area (Å²) < 4.78 is 19.0. The highest BCUT2D eigenvalue weighted by Crippen LogP contribution is 2.16. The molecule has 0 fully saturated rings. The molecule has 0 heterocycles. The van der Waals surface area contributed by atoms with Gasteiger partial charge in [0.25, 0.3) is 0 Å². The molecule has 0 aliphatic carbocycles. The summed E-state index contributed by atoms with van der Waals surface area (Å²) in [6, 6.07) is 5.36. The van der Waals surface area contributed by atoms with Crippen LogP contribution in [0, 0.1) is 18.7 Å². The van der Waals surface area contributed by atoms with Crippen molar-refractivity contribution in [1.29, 1.82) is 0 Å². The second kappa shape index (κ2) is 7.28. The van der Waals surface area contributed by atoms with E-state index in [1.165, 1.54) is 0 Å². The lowest BCUT2D eigenvalue weighted by molar-refractivity contribution is 0.132. The number of aryl methyl sites for hydroxylation is 1. The van der Waals surface area contributed by atoms with Crippen LogP contribution in [0.25, 0.3) is 0 Å². The Morgan fingerprint density at radius 3 is 2.76 bits per heavy atom. The van der Waals surface area contributed by atoms with Gasteiger partial charge in [0.15, 0.2) is 0 Å². The van der Waals surface area contributed by atoms with Crippen LogP contribution in [0.4, 0.5) is 10.1 Å². The zero-order chi connectivity index (χ0) is 12.7. The molecule has 0 aliphatic rings. The third-order valence-corrected chi connectivity index (χ3v) is 2.59. The quantitative estimate of drug-likeness (QED) is 0.734. The molecular formula is C14H22FNO. The minimum atomic E-state index is -0.172. The molecule has 0 atom stereocenters. The van der Waals surface area contributed by atoms with Gasteiger partial charge in [-0.3, -0.25) is 0 Å². The second-order valence-corrected chi connectivity index (χ2v) is 4.66. The molecule has 0 unspecified atom stereocenters. The van der Waals surface area contributed by atoms with Crippen molar-refractivity contribution >= 4 is 5.69 Å². The van der Waals surface area contributed by atoms with E-state index in [9.17, 15) is 4.39 Å². The monoisotopic (exact) mass is 239 g/mol. The first-order valence-electron chi connectivity index (χ1n) is 6.18. The maximum Gasteiger partial charge on any atom is 0.149 e. The molecule has 0 saturated heterocycles. The van der Waals surface area contributed by atoms with Gasteiger partial charge in [-0.05, 0) is 30.9 Å². The van der Waals surface area contributed by atoms with Crippen LogP contribution in [0.1, 0.15) is 25.8 Å². The number of halogens is 1. The van der Waals surface area contributed by atoms with E-state index < -0.39 is 0 Å². The Balaban J connectivity index is 2.20. The lowest BCUT2D eigenvalue weighted by Gasteiger charge is -2.10. The van der Waals surface area contributed by atoms with Gasteiger partial charge in [0, 0.05) is 13.2 Å². The Bertz CT molecular complexity index is 339. The van der Waals surface area contributed by atoms with Crippen LogP contribution in [-0.4, -0.2) is 19.8 Å². The van der Waals surface area contributed by atoms with Crippen LogP contribution in [0.3, 0.4) is 0 Å². The Hall–Kier alpha value is -1.09. The summed E-state index contributed by atoms with van der Waals surface area (Å²) in [5.41, 5.74) is 1.22. The number of hydrogen-bond donors (Lipinski definition) is 1. The van der Waals surface area contributed by atoms with Crippen molar-refractivity contribution in [2.45, 2.75) is 27.2 Å². The van der Waals surface area contributed by atoms with Gasteiger partial charge in [-0.1, -0.05) is 26.0 Å². The molecule has 1 aromatic carbocycles. The van der Waals surface area contributed by atoms with Gasteiger partial charge >= 0.3 is 0 Å². The molecule has 0 aliphatic heterocycles. The zero-order valence-electron chi connectivity index (χ0n) is 10.9. The molecule has 3 heteroatoms. The molecular weight excluding hydrogens is 217 g/mol. The highest BCUT2D eigenvalue weighted by atomic mass is 19.1. The van der Waals surface area contributed by atoms with Gasteiger partial charge in [-0.25, -0.2) is 4.39 Å². The number of ether oxygens (including phenoxy) is 1.